The molecule has 0 saturated carbocycles. The van der Waals surface area contributed by atoms with Crippen molar-refractivity contribution >= 4 is 16.7 Å². The Labute approximate surface area is 147 Å². The molecule has 2 saturated heterocycles. The van der Waals surface area contributed by atoms with Crippen molar-refractivity contribution in [3.63, 3.8) is 0 Å². The summed E-state index contributed by atoms with van der Waals surface area (Å²) in [5.41, 5.74) is 0.721. The Balaban J connectivity index is 1.37. The Morgan fingerprint density at radius 2 is 1.92 bits per heavy atom. The van der Waals surface area contributed by atoms with E-state index >= 15 is 0 Å². The van der Waals surface area contributed by atoms with Crippen molar-refractivity contribution in [3.8, 4) is 0 Å². The van der Waals surface area contributed by atoms with Crippen LogP contribution in [0, 0.1) is 0 Å². The van der Waals surface area contributed by atoms with Gasteiger partial charge in [-0.3, -0.25) is 9.69 Å². The summed E-state index contributed by atoms with van der Waals surface area (Å²) in [4.78, 5) is 15.0. The molecule has 0 bridgehead atoms. The molecule has 4 rings (SSSR count). The Morgan fingerprint density at radius 3 is 2.76 bits per heavy atom. The lowest BCUT2D eigenvalue weighted by Crippen LogP contribution is -2.49. The summed E-state index contributed by atoms with van der Waals surface area (Å²) in [5, 5.41) is 5.44. The third kappa shape index (κ3) is 4.00. The van der Waals surface area contributed by atoms with Crippen molar-refractivity contribution in [1.29, 1.82) is 0 Å². The predicted molar refractivity (Wildman–Crippen MR) is 96.6 cm³/mol. The number of hydrogen-bond donors (Lipinski definition) is 1. The number of benzene rings is 2. The minimum Gasteiger partial charge on any atom is -0.349 e. The maximum absolute atomic E-state index is 12.6. The lowest BCUT2D eigenvalue weighted by Gasteiger charge is -2.34. The highest BCUT2D eigenvalue weighted by atomic mass is 16.7. The Hall–Kier alpha value is -1.95. The Kier molecular flexibility index (Phi) is 4.97. The fourth-order valence-electron chi connectivity index (χ4n) is 3.66. The predicted octanol–water partition coefficient (Wildman–Crippen LogP) is 2.41. The van der Waals surface area contributed by atoms with Gasteiger partial charge in [-0.25, -0.2) is 0 Å². The zero-order chi connectivity index (χ0) is 17.1. The second kappa shape index (κ2) is 7.52. The van der Waals surface area contributed by atoms with Crippen molar-refractivity contribution in [2.24, 2.45) is 0 Å². The largest absolute Gasteiger partial charge is 0.349 e. The standard InChI is InChI=1S/C20H24N2O3/c23-20(17-8-7-15-4-1-2-5-16(15)12-17)21-18-6-3-9-22(13-18)14-19-24-10-11-25-19/h1-2,4-5,7-8,12,18-19H,3,6,9-11,13-14H2,(H,21,23). The van der Waals surface area contributed by atoms with E-state index in [4.69, 9.17) is 9.47 Å². The van der Waals surface area contributed by atoms with Gasteiger partial charge in [0.25, 0.3) is 5.91 Å². The van der Waals surface area contributed by atoms with Crippen molar-refractivity contribution in [3.05, 3.63) is 48.0 Å². The molecule has 2 heterocycles. The van der Waals surface area contributed by atoms with E-state index < -0.39 is 0 Å². The van der Waals surface area contributed by atoms with Gasteiger partial charge in [-0.1, -0.05) is 30.3 Å². The molecule has 1 unspecified atom stereocenters. The van der Waals surface area contributed by atoms with Gasteiger partial charge in [0.05, 0.1) is 13.2 Å². The van der Waals surface area contributed by atoms with Crippen LogP contribution in [0.25, 0.3) is 10.8 Å². The summed E-state index contributed by atoms with van der Waals surface area (Å²) in [6.45, 7) is 4.03. The quantitative estimate of drug-likeness (QED) is 0.929. The van der Waals surface area contributed by atoms with Gasteiger partial charge >= 0.3 is 0 Å². The van der Waals surface area contributed by atoms with Gasteiger partial charge in [0, 0.05) is 24.7 Å². The average molecular weight is 340 g/mol. The lowest BCUT2D eigenvalue weighted by atomic mass is 10.0. The number of nitrogens with one attached hydrogen (secondary N) is 1. The number of nitrogens with zero attached hydrogens (tertiary/aromatic N) is 1. The molecular weight excluding hydrogens is 316 g/mol. The maximum atomic E-state index is 12.6. The number of piperidine rings is 1. The van der Waals surface area contributed by atoms with E-state index in [2.05, 4.69) is 16.3 Å². The van der Waals surface area contributed by atoms with Gasteiger partial charge in [-0.2, -0.15) is 0 Å². The molecule has 0 aliphatic carbocycles. The second-order valence-electron chi connectivity index (χ2n) is 6.81. The number of rotatable bonds is 4. The maximum Gasteiger partial charge on any atom is 0.251 e. The van der Waals surface area contributed by atoms with Crippen LogP contribution in [0.5, 0.6) is 0 Å². The fraction of sp³-hybridized carbons (Fsp3) is 0.450. The molecule has 25 heavy (non-hydrogen) atoms. The summed E-state index contributed by atoms with van der Waals surface area (Å²) in [5.74, 6) is 0.00553. The number of hydrogen-bond acceptors (Lipinski definition) is 4. The number of fused-ring (bicyclic) bond motifs is 1. The molecule has 2 aromatic rings. The molecule has 2 aliphatic rings. The van der Waals surface area contributed by atoms with E-state index in [1.807, 2.05) is 36.4 Å². The number of ether oxygens (including phenoxy) is 2. The Bertz CT molecular complexity index is 743. The van der Waals surface area contributed by atoms with Crippen LogP contribution in [0.2, 0.25) is 0 Å². The van der Waals surface area contributed by atoms with E-state index in [1.165, 1.54) is 0 Å². The van der Waals surface area contributed by atoms with E-state index in [0.29, 0.717) is 13.2 Å². The van der Waals surface area contributed by atoms with Crippen LogP contribution in [-0.4, -0.2) is 56.0 Å². The summed E-state index contributed by atoms with van der Waals surface area (Å²) in [6, 6.07) is 14.1. The van der Waals surface area contributed by atoms with Gasteiger partial charge in [-0.15, -0.1) is 0 Å². The van der Waals surface area contributed by atoms with E-state index in [9.17, 15) is 4.79 Å². The van der Waals surface area contributed by atoms with Crippen LogP contribution < -0.4 is 5.32 Å². The average Bonchev–Trinajstić information content (AvgIpc) is 3.14. The van der Waals surface area contributed by atoms with Crippen LogP contribution in [-0.2, 0) is 9.47 Å². The summed E-state index contributed by atoms with van der Waals surface area (Å²) in [7, 11) is 0. The van der Waals surface area contributed by atoms with E-state index in [1.54, 1.807) is 0 Å². The first-order valence-electron chi connectivity index (χ1n) is 9.03. The number of amides is 1. The second-order valence-corrected chi connectivity index (χ2v) is 6.81. The van der Waals surface area contributed by atoms with Gasteiger partial charge in [0.2, 0.25) is 0 Å². The zero-order valence-corrected chi connectivity index (χ0v) is 14.3. The molecule has 0 spiro atoms. The third-order valence-electron chi connectivity index (χ3n) is 4.95. The fourth-order valence-corrected chi connectivity index (χ4v) is 3.66. The van der Waals surface area contributed by atoms with Crippen LogP contribution >= 0.6 is 0 Å². The lowest BCUT2D eigenvalue weighted by molar-refractivity contribution is -0.0655. The van der Waals surface area contributed by atoms with Gasteiger partial charge in [0.1, 0.15) is 0 Å². The molecule has 1 N–H and O–H groups in total. The highest BCUT2D eigenvalue weighted by Gasteiger charge is 2.26. The molecule has 2 aliphatic heterocycles. The highest BCUT2D eigenvalue weighted by molar-refractivity contribution is 5.98. The van der Waals surface area contributed by atoms with E-state index in [-0.39, 0.29) is 18.2 Å². The topological polar surface area (TPSA) is 50.8 Å². The van der Waals surface area contributed by atoms with Gasteiger partial charge in [-0.05, 0) is 42.3 Å². The molecule has 1 atom stereocenters. The first-order chi connectivity index (χ1) is 12.3. The highest BCUT2D eigenvalue weighted by Crippen LogP contribution is 2.17. The van der Waals surface area contributed by atoms with Crippen molar-refractivity contribution < 1.29 is 14.3 Å². The molecule has 132 valence electrons. The summed E-state index contributed by atoms with van der Waals surface area (Å²) < 4.78 is 11.1. The minimum atomic E-state index is -0.116. The normalized spacial score (nSPS) is 22.3. The smallest absolute Gasteiger partial charge is 0.251 e. The molecule has 2 aromatic carbocycles. The third-order valence-corrected chi connectivity index (χ3v) is 4.95. The molecular formula is C20H24N2O3. The SMILES string of the molecule is O=C(NC1CCCN(CC2OCCO2)C1)c1ccc2ccccc2c1. The summed E-state index contributed by atoms with van der Waals surface area (Å²) >= 11 is 0. The number of likely N-dealkylation sites (tertiary alicyclic amines) is 1. The minimum absolute atomic E-state index is 0.00553. The van der Waals surface area contributed by atoms with Crippen molar-refractivity contribution in [2.75, 3.05) is 32.8 Å². The molecule has 2 fully saturated rings. The summed E-state index contributed by atoms with van der Waals surface area (Å²) in [6.07, 6.45) is 1.98. The molecule has 0 aromatic heterocycles. The van der Waals surface area contributed by atoms with Gasteiger partial charge < -0.3 is 14.8 Å². The zero-order valence-electron chi connectivity index (χ0n) is 14.3. The van der Waals surface area contributed by atoms with Crippen LogP contribution in [0.15, 0.2) is 42.5 Å². The van der Waals surface area contributed by atoms with Crippen molar-refractivity contribution in [1.82, 2.24) is 10.2 Å². The van der Waals surface area contributed by atoms with Crippen LogP contribution in [0.3, 0.4) is 0 Å². The number of carbonyl (C=O) groups is 1. The van der Waals surface area contributed by atoms with Gasteiger partial charge in [0.15, 0.2) is 6.29 Å². The first-order valence-corrected chi connectivity index (χ1v) is 9.03. The number of carbonyl (C=O) groups excluding carboxylic acids is 1. The Morgan fingerprint density at radius 1 is 1.12 bits per heavy atom. The first kappa shape index (κ1) is 16.5. The molecule has 5 heteroatoms. The van der Waals surface area contributed by atoms with Crippen LogP contribution in [0.1, 0.15) is 23.2 Å². The van der Waals surface area contributed by atoms with Crippen LogP contribution in [0.4, 0.5) is 0 Å². The molecule has 5 nitrogen and oxygen atoms in total. The monoisotopic (exact) mass is 340 g/mol. The molecule has 1 amide bonds. The van der Waals surface area contributed by atoms with E-state index in [0.717, 1.165) is 48.8 Å². The molecule has 0 radical (unpaired) electrons. The van der Waals surface area contributed by atoms with Crippen molar-refractivity contribution in [2.45, 2.75) is 25.2 Å².